The molecule has 5 atom stereocenters. The molecule has 0 radical (unpaired) electrons. The molecule has 2 aromatic rings. The number of alkyl carbamates (subject to hydrolysis) is 1. The molecular weight excluding hydrogens is 678 g/mol. The molecule has 4 aliphatic rings. The number of benzene rings is 1. The van der Waals surface area contributed by atoms with E-state index in [1.165, 1.54) is 11.1 Å². The van der Waals surface area contributed by atoms with Crippen molar-refractivity contribution in [2.75, 3.05) is 6.54 Å². The smallest absolute Gasteiger partial charge is 0.408 e. The number of nitrogens with one attached hydrogen (secondary N) is 4. The number of rotatable bonds is 6. The van der Waals surface area contributed by atoms with Gasteiger partial charge in [0.15, 0.2) is 0 Å². The molecule has 15 nitrogen and oxygen atoms in total. The largest absolute Gasteiger partial charge is 0.444 e. The molecule has 1 aromatic heterocycles. The number of para-hydroxylation sites is 2. The fourth-order valence-electron chi connectivity index (χ4n) is 6.68. The highest BCUT2D eigenvalue weighted by Gasteiger charge is 2.62. The molecular formula is C35H45N7O8S. The number of hydrogen-bond donors (Lipinski definition) is 4. The van der Waals surface area contributed by atoms with Gasteiger partial charge in [-0.3, -0.25) is 28.9 Å². The van der Waals surface area contributed by atoms with Crippen LogP contribution in [0.1, 0.15) is 89.0 Å². The molecule has 4 N–H and O–H groups in total. The standard InChI is InChI=1S/C35H45N7O8S/c1-34(2,3)50-33(47)39-26-14-8-6-4-5-7-11-21-18-35(21,32(46)41-51(48,49)23-15-16-23)40-30(44)28-17-22(20-42(28)31(26)45)37-29(43)27-19-36-24-12-9-10-13-25(24)38-27/h7,9-13,19,21-23,26,28H,4-6,8,14-18,20H2,1-3H3,(H,37,43)(H,39,47)(H,40,44)(H,41,46)/t21-,22-,26+,28+,35-/m1/s1. The summed E-state index contributed by atoms with van der Waals surface area (Å²) in [6.45, 7) is 5.05. The highest BCUT2D eigenvalue weighted by molar-refractivity contribution is 7.91. The Balaban J connectivity index is 1.27. The summed E-state index contributed by atoms with van der Waals surface area (Å²) in [6.07, 6.45) is 8.49. The molecule has 0 unspecified atom stereocenters. The first-order chi connectivity index (χ1) is 24.1. The third kappa shape index (κ3) is 8.48. The second kappa shape index (κ2) is 14.2. The summed E-state index contributed by atoms with van der Waals surface area (Å²) in [6, 6.07) is 4.19. The van der Waals surface area contributed by atoms with Gasteiger partial charge in [-0.05, 0) is 77.8 Å². The van der Waals surface area contributed by atoms with Gasteiger partial charge >= 0.3 is 6.09 Å². The zero-order chi connectivity index (χ0) is 36.6. The van der Waals surface area contributed by atoms with Gasteiger partial charge in [0.2, 0.25) is 21.8 Å². The highest BCUT2D eigenvalue weighted by Crippen LogP contribution is 2.46. The molecule has 2 aliphatic heterocycles. The molecule has 0 bridgehead atoms. The van der Waals surface area contributed by atoms with Crippen molar-refractivity contribution in [1.82, 2.24) is 35.5 Å². The Labute approximate surface area is 296 Å². The quantitative estimate of drug-likeness (QED) is 0.320. The molecule has 16 heteroatoms. The van der Waals surface area contributed by atoms with E-state index in [1.54, 1.807) is 39.0 Å². The van der Waals surface area contributed by atoms with E-state index in [1.807, 2.05) is 18.2 Å². The molecule has 3 heterocycles. The number of sulfonamides is 1. The van der Waals surface area contributed by atoms with Gasteiger partial charge in [-0.15, -0.1) is 0 Å². The summed E-state index contributed by atoms with van der Waals surface area (Å²) in [5.74, 6) is -3.03. The number of carbonyl (C=O) groups is 5. The Hall–Kier alpha value is -4.60. The van der Waals surface area contributed by atoms with Crippen LogP contribution in [0.3, 0.4) is 0 Å². The van der Waals surface area contributed by atoms with Crippen LogP contribution in [0.15, 0.2) is 42.6 Å². The number of hydrogen-bond acceptors (Lipinski definition) is 10. The van der Waals surface area contributed by atoms with Gasteiger partial charge in [0, 0.05) is 18.5 Å². The zero-order valence-corrected chi connectivity index (χ0v) is 29.8. The van der Waals surface area contributed by atoms with Crippen molar-refractivity contribution in [3.63, 3.8) is 0 Å². The minimum absolute atomic E-state index is 0.0118. The summed E-state index contributed by atoms with van der Waals surface area (Å²) in [5.41, 5.74) is -1.16. The molecule has 1 saturated heterocycles. The van der Waals surface area contributed by atoms with Gasteiger partial charge in [0.1, 0.15) is 28.9 Å². The predicted octanol–water partition coefficient (Wildman–Crippen LogP) is 2.23. The highest BCUT2D eigenvalue weighted by atomic mass is 32.2. The van der Waals surface area contributed by atoms with Crippen LogP contribution >= 0.6 is 0 Å². The Morgan fingerprint density at radius 1 is 1.02 bits per heavy atom. The van der Waals surface area contributed by atoms with Crippen molar-refractivity contribution in [3.05, 3.63) is 48.3 Å². The molecule has 274 valence electrons. The number of amides is 5. The first kappa shape index (κ1) is 36.2. The van der Waals surface area contributed by atoms with Crippen LogP contribution in [0.4, 0.5) is 4.79 Å². The van der Waals surface area contributed by atoms with Gasteiger partial charge in [0.25, 0.3) is 11.8 Å². The van der Waals surface area contributed by atoms with E-state index >= 15 is 0 Å². The van der Waals surface area contributed by atoms with Gasteiger partial charge < -0.3 is 25.6 Å². The maximum atomic E-state index is 14.3. The average Bonchev–Trinajstić information content (AvgIpc) is 3.99. The Bertz CT molecular complexity index is 1860. The van der Waals surface area contributed by atoms with Crippen molar-refractivity contribution in [1.29, 1.82) is 0 Å². The fraction of sp³-hybridized carbons (Fsp3) is 0.571. The number of carbonyl (C=O) groups excluding carboxylic acids is 5. The maximum Gasteiger partial charge on any atom is 0.408 e. The Morgan fingerprint density at radius 2 is 1.76 bits per heavy atom. The third-order valence-electron chi connectivity index (χ3n) is 9.59. The molecule has 2 saturated carbocycles. The normalized spacial score (nSPS) is 27.2. The minimum Gasteiger partial charge on any atom is -0.444 e. The number of fused-ring (bicyclic) bond motifs is 3. The lowest BCUT2D eigenvalue weighted by Gasteiger charge is -2.30. The summed E-state index contributed by atoms with van der Waals surface area (Å²) in [7, 11) is -3.90. The van der Waals surface area contributed by atoms with Crippen molar-refractivity contribution < 1.29 is 37.1 Å². The second-order valence-electron chi connectivity index (χ2n) is 14.9. The van der Waals surface area contributed by atoms with Crippen LogP contribution in [0.2, 0.25) is 0 Å². The SMILES string of the molecule is CC(C)(C)OC(=O)N[C@H]1CCCCCC=C[C@@H]2C[C@@]2(C(=O)NS(=O)(=O)C2CC2)NC(=O)[C@@H]2C[C@@H](NC(=O)c3cnc4ccccc4n3)CN2C1=O. The van der Waals surface area contributed by atoms with Crippen LogP contribution in [0.25, 0.3) is 11.0 Å². The van der Waals surface area contributed by atoms with Crippen LogP contribution in [0.5, 0.6) is 0 Å². The average molecular weight is 724 g/mol. The van der Waals surface area contributed by atoms with E-state index in [9.17, 15) is 32.4 Å². The number of nitrogens with zero attached hydrogens (tertiary/aromatic N) is 3. The third-order valence-corrected chi connectivity index (χ3v) is 11.4. The predicted molar refractivity (Wildman–Crippen MR) is 185 cm³/mol. The van der Waals surface area contributed by atoms with Crippen molar-refractivity contribution in [3.8, 4) is 0 Å². The Morgan fingerprint density at radius 3 is 2.49 bits per heavy atom. The lowest BCUT2D eigenvalue weighted by atomic mass is 10.0. The van der Waals surface area contributed by atoms with Crippen LogP contribution < -0.4 is 20.7 Å². The zero-order valence-electron chi connectivity index (χ0n) is 29.0. The summed E-state index contributed by atoms with van der Waals surface area (Å²) in [4.78, 5) is 78.4. The van der Waals surface area contributed by atoms with Crippen molar-refractivity contribution >= 4 is 50.8 Å². The van der Waals surface area contributed by atoms with E-state index in [2.05, 4.69) is 30.6 Å². The summed E-state index contributed by atoms with van der Waals surface area (Å²) in [5, 5.41) is 7.74. The number of allylic oxidation sites excluding steroid dienone is 1. The topological polar surface area (TPSA) is 206 Å². The fourth-order valence-corrected chi connectivity index (χ4v) is 8.04. The first-order valence-electron chi connectivity index (χ1n) is 17.5. The van der Waals surface area contributed by atoms with Crippen LogP contribution in [0, 0.1) is 5.92 Å². The first-order valence-corrected chi connectivity index (χ1v) is 19.1. The van der Waals surface area contributed by atoms with Crippen molar-refractivity contribution in [2.45, 2.75) is 113 Å². The van der Waals surface area contributed by atoms with Gasteiger partial charge in [-0.1, -0.05) is 37.1 Å². The molecule has 2 aliphatic carbocycles. The monoisotopic (exact) mass is 723 g/mol. The lowest BCUT2D eigenvalue weighted by molar-refractivity contribution is -0.141. The van der Waals surface area contributed by atoms with Crippen LogP contribution in [-0.4, -0.2) is 94.1 Å². The molecule has 1 aromatic carbocycles. The summed E-state index contributed by atoms with van der Waals surface area (Å²) < 4.78 is 33.1. The van der Waals surface area contributed by atoms with Crippen molar-refractivity contribution in [2.24, 2.45) is 5.92 Å². The van der Waals surface area contributed by atoms with E-state index in [0.29, 0.717) is 36.7 Å². The van der Waals surface area contributed by atoms with Crippen LogP contribution in [-0.2, 0) is 29.1 Å². The maximum absolute atomic E-state index is 14.3. The van der Waals surface area contributed by atoms with E-state index in [4.69, 9.17) is 4.74 Å². The molecule has 5 amide bonds. The van der Waals surface area contributed by atoms with E-state index in [0.717, 1.165) is 12.8 Å². The lowest BCUT2D eigenvalue weighted by Crippen LogP contribution is -2.58. The minimum atomic E-state index is -3.90. The van der Waals surface area contributed by atoms with E-state index < -0.39 is 80.2 Å². The number of aromatic nitrogens is 2. The van der Waals surface area contributed by atoms with E-state index in [-0.39, 0.29) is 31.5 Å². The molecule has 6 rings (SSSR count). The molecule has 51 heavy (non-hydrogen) atoms. The number of ether oxygens (including phenoxy) is 1. The van der Waals surface area contributed by atoms with Gasteiger partial charge in [-0.25, -0.2) is 18.2 Å². The Kier molecular flexibility index (Phi) is 10.1. The van der Waals surface area contributed by atoms with Gasteiger partial charge in [0.05, 0.1) is 22.5 Å². The second-order valence-corrected chi connectivity index (χ2v) is 16.8. The van der Waals surface area contributed by atoms with Gasteiger partial charge in [-0.2, -0.15) is 0 Å². The molecule has 0 spiro atoms. The summed E-state index contributed by atoms with van der Waals surface area (Å²) >= 11 is 0. The molecule has 3 fully saturated rings.